The molecular weight excluding hydrogens is 562 g/mol. The van der Waals surface area contributed by atoms with Crippen molar-refractivity contribution in [1.82, 2.24) is 14.1 Å². The summed E-state index contributed by atoms with van der Waals surface area (Å²) in [6.07, 6.45) is 6.76. The summed E-state index contributed by atoms with van der Waals surface area (Å²) >= 11 is 5.24. The molecule has 0 spiro atoms. The number of hydrogen-bond donors (Lipinski definition) is 1. The lowest BCUT2D eigenvalue weighted by Crippen LogP contribution is -2.18. The lowest BCUT2D eigenvalue weighted by atomic mass is 10.0. The van der Waals surface area contributed by atoms with Gasteiger partial charge in [0.25, 0.3) is 0 Å². The highest BCUT2D eigenvalue weighted by Gasteiger charge is 2.23. The van der Waals surface area contributed by atoms with E-state index in [1.54, 1.807) is 18.0 Å². The molecule has 6 rings (SSSR count). The molecule has 1 aliphatic rings. The fourth-order valence-corrected chi connectivity index (χ4v) is 6.02. The molecule has 0 amide bonds. The van der Waals surface area contributed by atoms with Gasteiger partial charge in [-0.1, -0.05) is 54.7 Å². The maximum atomic E-state index is 12.1. The number of thiocarbonyl (C=S) groups is 1. The van der Waals surface area contributed by atoms with E-state index in [4.69, 9.17) is 27.4 Å². The summed E-state index contributed by atoms with van der Waals surface area (Å²) in [6, 6.07) is 22.3. The predicted molar refractivity (Wildman–Crippen MR) is 171 cm³/mol. The second-order valence-corrected chi connectivity index (χ2v) is 11.3. The van der Waals surface area contributed by atoms with Crippen molar-refractivity contribution in [2.45, 2.75) is 38.3 Å². The number of benzene rings is 3. The number of nitrogens with two attached hydrogens (primary N) is 1. The zero-order chi connectivity index (χ0) is 29.9. The van der Waals surface area contributed by atoms with Gasteiger partial charge in [0.2, 0.25) is 0 Å². The first-order valence-corrected chi connectivity index (χ1v) is 14.7. The van der Waals surface area contributed by atoms with Crippen LogP contribution in [0.5, 0.6) is 5.75 Å². The van der Waals surface area contributed by atoms with Gasteiger partial charge in [0.05, 0.1) is 7.11 Å². The second-order valence-electron chi connectivity index (χ2n) is 10.8. The number of aryl methyl sites for hydroxylation is 2. The average molecular weight is 596 g/mol. The van der Waals surface area contributed by atoms with Gasteiger partial charge >= 0.3 is 5.82 Å². The molecule has 0 aliphatic carbocycles. The molecule has 43 heavy (non-hydrogen) atoms. The quantitative estimate of drug-likeness (QED) is 0.116. The highest BCUT2D eigenvalue weighted by atomic mass is 32.1. The molecule has 0 unspecified atom stereocenters. The van der Waals surface area contributed by atoms with Crippen molar-refractivity contribution in [2.75, 3.05) is 20.3 Å². The van der Waals surface area contributed by atoms with E-state index in [1.807, 2.05) is 42.5 Å². The van der Waals surface area contributed by atoms with Crippen LogP contribution in [0.2, 0.25) is 0 Å². The lowest BCUT2D eigenvalue weighted by molar-refractivity contribution is -0.392. The molecule has 5 aromatic rings. The number of rotatable bonds is 10. The van der Waals surface area contributed by atoms with Crippen LogP contribution in [0.1, 0.15) is 41.3 Å². The van der Waals surface area contributed by atoms with E-state index in [0.717, 1.165) is 70.5 Å². The van der Waals surface area contributed by atoms with Gasteiger partial charge in [-0.2, -0.15) is 0 Å². The average Bonchev–Trinajstić information content (AvgIpc) is 3.62. The zero-order valence-electron chi connectivity index (χ0n) is 23.9. The molecule has 3 aromatic carbocycles. The third-order valence-corrected chi connectivity index (χ3v) is 8.40. The van der Waals surface area contributed by atoms with Gasteiger partial charge in [-0.15, -0.1) is 0 Å². The van der Waals surface area contributed by atoms with Crippen molar-refractivity contribution in [2.24, 2.45) is 5.73 Å². The van der Waals surface area contributed by atoms with Gasteiger partial charge in [-0.25, -0.2) is 9.55 Å². The molecule has 1 saturated heterocycles. The van der Waals surface area contributed by atoms with E-state index >= 15 is 0 Å². The predicted octanol–water partition coefficient (Wildman–Crippen LogP) is 6.24. The molecular formula is C33H33N5O4S. The van der Waals surface area contributed by atoms with Crippen molar-refractivity contribution in [3.05, 3.63) is 112 Å². The van der Waals surface area contributed by atoms with Crippen LogP contribution in [0.25, 0.3) is 22.0 Å². The van der Waals surface area contributed by atoms with Crippen LogP contribution in [0.3, 0.4) is 0 Å². The van der Waals surface area contributed by atoms with E-state index in [1.165, 1.54) is 0 Å². The molecule has 1 aliphatic heterocycles. The Bertz CT molecular complexity index is 1790. The SMILES string of the molecule is COc1ccc(Cn2cnc(CCc3ccc4c(-c5cccc(C(N)=S)c5)cn(C5CCOCC5)c4c3)c2[N+](=O)[O-])cc1. The molecule has 1 fully saturated rings. The molecule has 10 heteroatoms. The Labute approximate surface area is 255 Å². The molecule has 0 atom stereocenters. The minimum Gasteiger partial charge on any atom is -0.497 e. The molecule has 2 N–H and O–H groups in total. The summed E-state index contributed by atoms with van der Waals surface area (Å²) in [4.78, 5) is 16.6. The first-order valence-electron chi connectivity index (χ1n) is 14.3. The van der Waals surface area contributed by atoms with Gasteiger partial charge in [-0.05, 0) is 65.1 Å². The van der Waals surface area contributed by atoms with E-state index in [0.29, 0.717) is 36.1 Å². The third-order valence-electron chi connectivity index (χ3n) is 8.16. The van der Waals surface area contributed by atoms with Crippen LogP contribution in [0.4, 0.5) is 5.82 Å². The maximum Gasteiger partial charge on any atom is 0.346 e. The summed E-state index contributed by atoms with van der Waals surface area (Å²) in [6.45, 7) is 1.83. The molecule has 0 saturated carbocycles. The van der Waals surface area contributed by atoms with Crippen LogP contribution in [-0.4, -0.2) is 44.4 Å². The topological polar surface area (TPSA) is 110 Å². The third kappa shape index (κ3) is 6.02. The van der Waals surface area contributed by atoms with Crippen molar-refractivity contribution in [3.8, 4) is 16.9 Å². The second kappa shape index (κ2) is 12.4. The fourth-order valence-electron chi connectivity index (χ4n) is 5.90. The summed E-state index contributed by atoms with van der Waals surface area (Å²) < 4.78 is 14.8. The Kier molecular flexibility index (Phi) is 8.22. The number of ether oxygens (including phenoxy) is 2. The van der Waals surface area contributed by atoms with Crippen molar-refractivity contribution < 1.29 is 14.4 Å². The minimum absolute atomic E-state index is 0.0301. The van der Waals surface area contributed by atoms with Gasteiger partial charge < -0.3 is 29.9 Å². The van der Waals surface area contributed by atoms with Crippen LogP contribution >= 0.6 is 12.2 Å². The smallest absolute Gasteiger partial charge is 0.346 e. The summed E-state index contributed by atoms with van der Waals surface area (Å²) in [5.74, 6) is 0.771. The highest BCUT2D eigenvalue weighted by Crippen LogP contribution is 2.36. The standard InChI is InChI=1S/C33H33N5O4S/c1-41-27-9-5-23(6-10-27)19-36-21-35-30(33(36)38(39)40)12-8-22-7-11-28-29(24-3-2-4-25(18-24)32(34)43)20-37(31(28)17-22)26-13-15-42-16-14-26/h2-7,9-11,17-18,20-21,26H,8,12-16,19H2,1H3,(H2,34,43). The monoisotopic (exact) mass is 595 g/mol. The Hall–Kier alpha value is -4.54. The van der Waals surface area contributed by atoms with Gasteiger partial charge in [0.15, 0.2) is 6.33 Å². The minimum atomic E-state index is -0.335. The molecule has 2 aromatic heterocycles. The summed E-state index contributed by atoms with van der Waals surface area (Å²) in [5.41, 5.74) is 12.6. The van der Waals surface area contributed by atoms with Crippen molar-refractivity contribution in [3.63, 3.8) is 0 Å². The van der Waals surface area contributed by atoms with E-state index in [2.05, 4.69) is 40.0 Å². The van der Waals surface area contributed by atoms with E-state index < -0.39 is 0 Å². The maximum absolute atomic E-state index is 12.1. The van der Waals surface area contributed by atoms with E-state index in [-0.39, 0.29) is 10.7 Å². The zero-order valence-corrected chi connectivity index (χ0v) is 24.8. The number of imidazole rings is 1. The molecule has 0 bridgehead atoms. The lowest BCUT2D eigenvalue weighted by Gasteiger charge is -2.24. The molecule has 0 radical (unpaired) electrons. The summed E-state index contributed by atoms with van der Waals surface area (Å²) in [5, 5.41) is 13.2. The number of nitro groups is 1. The normalized spacial score (nSPS) is 13.8. The molecule has 9 nitrogen and oxygen atoms in total. The van der Waals surface area contributed by atoms with Gasteiger partial charge in [0, 0.05) is 53.9 Å². The van der Waals surface area contributed by atoms with Crippen LogP contribution in [0.15, 0.2) is 79.3 Å². The largest absolute Gasteiger partial charge is 0.497 e. The van der Waals surface area contributed by atoms with Crippen LogP contribution in [-0.2, 0) is 24.1 Å². The van der Waals surface area contributed by atoms with Crippen LogP contribution in [0, 0.1) is 10.1 Å². The fraction of sp³-hybridized carbons (Fsp3) is 0.273. The number of aromatic nitrogens is 3. The molecule has 220 valence electrons. The van der Waals surface area contributed by atoms with E-state index in [9.17, 15) is 10.1 Å². The first kappa shape index (κ1) is 28.6. The Balaban J connectivity index is 1.30. The Morgan fingerprint density at radius 1 is 1.09 bits per heavy atom. The number of methoxy groups -OCH3 is 1. The summed E-state index contributed by atoms with van der Waals surface area (Å²) in [7, 11) is 1.61. The van der Waals surface area contributed by atoms with Crippen molar-refractivity contribution in [1.29, 1.82) is 0 Å². The van der Waals surface area contributed by atoms with Crippen molar-refractivity contribution >= 4 is 33.9 Å². The number of hydrogen-bond acceptors (Lipinski definition) is 6. The number of fused-ring (bicyclic) bond motifs is 1. The Morgan fingerprint density at radius 3 is 2.58 bits per heavy atom. The van der Waals surface area contributed by atoms with Gasteiger partial charge in [0.1, 0.15) is 23.0 Å². The number of nitrogens with zero attached hydrogens (tertiary/aromatic N) is 4. The highest BCUT2D eigenvalue weighted by molar-refractivity contribution is 7.80. The van der Waals surface area contributed by atoms with Crippen LogP contribution < -0.4 is 10.5 Å². The van der Waals surface area contributed by atoms with Gasteiger partial charge in [-0.3, -0.25) is 0 Å². The molecule has 3 heterocycles. The Morgan fingerprint density at radius 2 is 1.86 bits per heavy atom. The first-order chi connectivity index (χ1) is 20.9.